The minimum absolute atomic E-state index is 0.112. The average molecular weight is 262 g/mol. The van der Waals surface area contributed by atoms with Crippen LogP contribution in [-0.4, -0.2) is 29.5 Å². The summed E-state index contributed by atoms with van der Waals surface area (Å²) in [6.07, 6.45) is 6.62. The Bertz CT molecular complexity index is 708. The van der Waals surface area contributed by atoms with Crippen molar-refractivity contribution in [1.29, 1.82) is 0 Å². The van der Waals surface area contributed by atoms with E-state index < -0.39 is 0 Å². The third-order valence-electron chi connectivity index (χ3n) is 2.26. The lowest BCUT2D eigenvalue weighted by atomic mass is 10.4. The molecule has 18 heavy (non-hydrogen) atoms. The van der Waals surface area contributed by atoms with Gasteiger partial charge in [-0.3, -0.25) is 0 Å². The van der Waals surface area contributed by atoms with Crippen LogP contribution in [0.1, 0.15) is 0 Å². The Hall–Kier alpha value is -2.28. The molecule has 0 atom stereocenters. The molecule has 0 fully saturated rings. The molecule has 0 aliphatic heterocycles. The molecule has 3 rings (SSSR count). The van der Waals surface area contributed by atoms with Gasteiger partial charge < -0.3 is 9.88 Å². The maximum absolute atomic E-state index is 5.84. The first-order valence-corrected chi connectivity index (χ1v) is 5.49. The molecule has 3 heterocycles. The van der Waals surface area contributed by atoms with E-state index in [0.717, 1.165) is 0 Å². The van der Waals surface area contributed by atoms with Crippen LogP contribution in [0.3, 0.4) is 0 Å². The van der Waals surface area contributed by atoms with Gasteiger partial charge in [0.05, 0.1) is 6.33 Å². The Kier molecular flexibility index (Phi) is 2.52. The van der Waals surface area contributed by atoms with E-state index in [4.69, 9.17) is 11.6 Å². The Balaban J connectivity index is 2.10. The van der Waals surface area contributed by atoms with Crippen LogP contribution in [0.15, 0.2) is 24.9 Å². The lowest BCUT2D eigenvalue weighted by Gasteiger charge is -2.04. The second-order valence-corrected chi connectivity index (χ2v) is 3.96. The van der Waals surface area contributed by atoms with Gasteiger partial charge in [0.1, 0.15) is 5.82 Å². The predicted molar refractivity (Wildman–Crippen MR) is 66.6 cm³/mol. The molecule has 8 heteroatoms. The fraction of sp³-hybridized carbons (Fsp3) is 0.100. The SMILES string of the molecule is Cn1cnc(Nc2nc(Cl)nc3nccnc23)c1. The molecule has 0 saturated carbocycles. The topological polar surface area (TPSA) is 81.4 Å². The molecule has 90 valence electrons. The summed E-state index contributed by atoms with van der Waals surface area (Å²) in [5, 5.41) is 3.15. The zero-order valence-corrected chi connectivity index (χ0v) is 10.1. The van der Waals surface area contributed by atoms with Crippen LogP contribution in [0, 0.1) is 0 Å². The average Bonchev–Trinajstić information content (AvgIpc) is 2.74. The first-order valence-electron chi connectivity index (χ1n) is 5.11. The fourth-order valence-corrected chi connectivity index (χ4v) is 1.69. The molecule has 3 aromatic rings. The van der Waals surface area contributed by atoms with Gasteiger partial charge in [-0.25, -0.2) is 15.0 Å². The molecule has 0 amide bonds. The van der Waals surface area contributed by atoms with E-state index in [2.05, 4.69) is 30.2 Å². The van der Waals surface area contributed by atoms with Crippen LogP contribution in [0.5, 0.6) is 0 Å². The molecular formula is C10H8ClN7. The summed E-state index contributed by atoms with van der Waals surface area (Å²) < 4.78 is 1.82. The van der Waals surface area contributed by atoms with E-state index >= 15 is 0 Å². The lowest BCUT2D eigenvalue weighted by molar-refractivity contribution is 0.913. The zero-order chi connectivity index (χ0) is 12.5. The van der Waals surface area contributed by atoms with Crippen molar-refractivity contribution in [3.05, 3.63) is 30.2 Å². The Morgan fingerprint density at radius 3 is 2.78 bits per heavy atom. The van der Waals surface area contributed by atoms with Crippen molar-refractivity contribution in [2.45, 2.75) is 0 Å². The highest BCUT2D eigenvalue weighted by atomic mass is 35.5. The molecule has 0 spiro atoms. The van der Waals surface area contributed by atoms with Crippen molar-refractivity contribution >= 4 is 34.4 Å². The van der Waals surface area contributed by atoms with Crippen molar-refractivity contribution in [3.63, 3.8) is 0 Å². The van der Waals surface area contributed by atoms with Crippen molar-refractivity contribution in [2.24, 2.45) is 7.05 Å². The minimum atomic E-state index is 0.112. The third kappa shape index (κ3) is 1.95. The molecule has 7 nitrogen and oxygen atoms in total. The quantitative estimate of drug-likeness (QED) is 0.705. The van der Waals surface area contributed by atoms with Crippen molar-refractivity contribution in [2.75, 3.05) is 5.32 Å². The molecule has 0 saturated heterocycles. The number of imidazole rings is 1. The molecule has 0 radical (unpaired) electrons. The summed E-state index contributed by atoms with van der Waals surface area (Å²) >= 11 is 5.84. The number of rotatable bonds is 2. The van der Waals surface area contributed by atoms with Crippen molar-refractivity contribution in [1.82, 2.24) is 29.5 Å². The summed E-state index contributed by atoms with van der Waals surface area (Å²) in [6, 6.07) is 0. The zero-order valence-electron chi connectivity index (χ0n) is 9.37. The minimum Gasteiger partial charge on any atom is -0.338 e. The van der Waals surface area contributed by atoms with Gasteiger partial charge in [-0.2, -0.15) is 9.97 Å². The first kappa shape index (κ1) is 10.8. The summed E-state index contributed by atoms with van der Waals surface area (Å²) in [5.41, 5.74) is 0.989. The van der Waals surface area contributed by atoms with E-state index in [-0.39, 0.29) is 5.28 Å². The maximum atomic E-state index is 5.84. The normalized spacial score (nSPS) is 10.8. The summed E-state index contributed by atoms with van der Waals surface area (Å²) in [7, 11) is 1.88. The van der Waals surface area contributed by atoms with Crippen LogP contribution in [0.2, 0.25) is 5.28 Å². The van der Waals surface area contributed by atoms with Gasteiger partial charge in [-0.1, -0.05) is 0 Å². The third-order valence-corrected chi connectivity index (χ3v) is 2.43. The van der Waals surface area contributed by atoms with Gasteiger partial charge in [0.25, 0.3) is 0 Å². The highest BCUT2D eigenvalue weighted by Gasteiger charge is 2.09. The van der Waals surface area contributed by atoms with E-state index in [1.54, 1.807) is 18.7 Å². The molecular weight excluding hydrogens is 254 g/mol. The lowest BCUT2D eigenvalue weighted by Crippen LogP contribution is -1.99. The van der Waals surface area contributed by atoms with Gasteiger partial charge in [-0.05, 0) is 11.6 Å². The number of aromatic nitrogens is 6. The van der Waals surface area contributed by atoms with Gasteiger partial charge in [0.15, 0.2) is 17.0 Å². The summed E-state index contributed by atoms with van der Waals surface area (Å²) in [4.78, 5) is 20.5. The van der Waals surface area contributed by atoms with Gasteiger partial charge in [0, 0.05) is 25.6 Å². The van der Waals surface area contributed by atoms with Gasteiger partial charge >= 0.3 is 0 Å². The van der Waals surface area contributed by atoms with Crippen LogP contribution in [0.4, 0.5) is 11.6 Å². The number of anilines is 2. The molecule has 0 bridgehead atoms. The second kappa shape index (κ2) is 4.19. The Labute approximate surface area is 107 Å². The number of halogens is 1. The molecule has 3 aromatic heterocycles. The standard InChI is InChI=1S/C10H8ClN7/c1-18-4-6(14-5-18)15-9-7-8(13-3-2-12-7)16-10(11)17-9/h2-5H,1H3,(H,13,15,16,17). The van der Waals surface area contributed by atoms with Crippen LogP contribution in [-0.2, 0) is 7.05 Å². The fourth-order valence-electron chi connectivity index (χ4n) is 1.52. The molecule has 0 unspecified atom stereocenters. The van der Waals surface area contributed by atoms with Crippen molar-refractivity contribution < 1.29 is 0 Å². The van der Waals surface area contributed by atoms with Crippen LogP contribution < -0.4 is 5.32 Å². The largest absolute Gasteiger partial charge is 0.338 e. The smallest absolute Gasteiger partial charge is 0.226 e. The van der Waals surface area contributed by atoms with Crippen molar-refractivity contribution in [3.8, 4) is 0 Å². The van der Waals surface area contributed by atoms with Gasteiger partial charge in [0.2, 0.25) is 5.28 Å². The number of aryl methyl sites for hydroxylation is 1. The second-order valence-electron chi connectivity index (χ2n) is 3.62. The van der Waals surface area contributed by atoms with E-state index in [0.29, 0.717) is 22.8 Å². The molecule has 0 aromatic carbocycles. The maximum Gasteiger partial charge on any atom is 0.226 e. The van der Waals surface area contributed by atoms with E-state index in [1.165, 1.54) is 0 Å². The van der Waals surface area contributed by atoms with Gasteiger partial charge in [-0.15, -0.1) is 0 Å². The van der Waals surface area contributed by atoms with E-state index in [1.807, 2.05) is 17.8 Å². The molecule has 0 aliphatic rings. The Morgan fingerprint density at radius 1 is 1.17 bits per heavy atom. The number of hydrogen-bond acceptors (Lipinski definition) is 6. The number of hydrogen-bond donors (Lipinski definition) is 1. The highest BCUT2D eigenvalue weighted by Crippen LogP contribution is 2.20. The summed E-state index contributed by atoms with van der Waals surface area (Å²) in [6.45, 7) is 0. The van der Waals surface area contributed by atoms with E-state index in [9.17, 15) is 0 Å². The predicted octanol–water partition coefficient (Wildman–Crippen LogP) is 1.55. The summed E-state index contributed by atoms with van der Waals surface area (Å²) in [5.74, 6) is 1.14. The molecule has 0 aliphatic carbocycles. The van der Waals surface area contributed by atoms with Crippen LogP contribution >= 0.6 is 11.6 Å². The molecule has 1 N–H and O–H groups in total. The van der Waals surface area contributed by atoms with Crippen LogP contribution in [0.25, 0.3) is 11.2 Å². The number of nitrogens with one attached hydrogen (secondary N) is 1. The number of fused-ring (bicyclic) bond motifs is 1. The first-order chi connectivity index (χ1) is 8.72. The highest BCUT2D eigenvalue weighted by molar-refractivity contribution is 6.28. The number of nitrogens with zero attached hydrogens (tertiary/aromatic N) is 6. The Morgan fingerprint density at radius 2 is 2.00 bits per heavy atom. The monoisotopic (exact) mass is 261 g/mol.